The number of allylic oxidation sites excluding steroid dienone is 2. The minimum Gasteiger partial charge on any atom is -0.433 e. The van der Waals surface area contributed by atoms with Crippen LogP contribution in [0.3, 0.4) is 0 Å². The largest absolute Gasteiger partial charge is 0.433 e. The molecule has 0 aromatic carbocycles. The Morgan fingerprint density at radius 3 is 2.35 bits per heavy atom. The molecule has 6 aliphatic rings. The van der Waals surface area contributed by atoms with E-state index >= 15 is 0 Å². The monoisotopic (exact) mass is 468 g/mol. The normalized spacial score (nSPS) is 55.7. The number of Topliss-reactive ketones (excluding diaryl/α,β-unsaturated/α-hetero) is 1. The van der Waals surface area contributed by atoms with E-state index in [1.807, 2.05) is 6.92 Å². The van der Waals surface area contributed by atoms with Gasteiger partial charge >= 0.3 is 5.97 Å². The van der Waals surface area contributed by atoms with E-state index in [9.17, 15) is 9.59 Å². The first kappa shape index (κ1) is 23.3. The topological polar surface area (TPSA) is 52.6 Å². The Labute approximate surface area is 205 Å². The second kappa shape index (κ2) is 6.58. The molecule has 0 aromatic heterocycles. The van der Waals surface area contributed by atoms with E-state index in [1.165, 1.54) is 6.42 Å². The van der Waals surface area contributed by atoms with Crippen LogP contribution in [0.1, 0.15) is 106 Å². The molecule has 2 heterocycles. The highest BCUT2D eigenvalue weighted by Crippen LogP contribution is 2.76. The summed E-state index contributed by atoms with van der Waals surface area (Å²) in [5, 5.41) is 0. The summed E-state index contributed by atoms with van der Waals surface area (Å²) in [7, 11) is 0. The molecule has 34 heavy (non-hydrogen) atoms. The average Bonchev–Trinajstić information content (AvgIpc) is 3.28. The molecule has 2 saturated heterocycles. The molecule has 3 saturated carbocycles. The third-order valence-electron chi connectivity index (χ3n) is 12.8. The van der Waals surface area contributed by atoms with E-state index in [0.29, 0.717) is 30.0 Å². The molecule has 4 heteroatoms. The van der Waals surface area contributed by atoms with Crippen molar-refractivity contribution in [2.45, 2.75) is 118 Å². The molecule has 2 spiro atoms. The Morgan fingerprint density at radius 1 is 0.941 bits per heavy atom. The van der Waals surface area contributed by atoms with Crippen LogP contribution >= 0.6 is 0 Å². The summed E-state index contributed by atoms with van der Waals surface area (Å²) in [4.78, 5) is 25.2. The number of hydrogen-bond acceptors (Lipinski definition) is 4. The lowest BCUT2D eigenvalue weighted by atomic mass is 9.40. The number of ether oxygens (including phenoxy) is 2. The second-order valence-corrected chi connectivity index (χ2v) is 14.4. The van der Waals surface area contributed by atoms with Crippen molar-refractivity contribution in [3.05, 3.63) is 11.6 Å². The molecule has 2 aliphatic heterocycles. The number of carbonyl (C=O) groups is 2. The minimum atomic E-state index is -0.715. The Hall–Kier alpha value is -1.16. The highest BCUT2D eigenvalue weighted by molar-refractivity contribution is 5.85. The summed E-state index contributed by atoms with van der Waals surface area (Å²) in [6.45, 7) is 16.2. The number of ketones is 1. The molecule has 0 N–H and O–H groups in total. The Balaban J connectivity index is 1.39. The fourth-order valence-electron chi connectivity index (χ4n) is 10.7. The van der Waals surface area contributed by atoms with Crippen LogP contribution in [0.15, 0.2) is 11.6 Å². The highest BCUT2D eigenvalue weighted by atomic mass is 16.7. The zero-order valence-corrected chi connectivity index (χ0v) is 22.4. The SMILES string of the molecule is CC1CC2(C[C@@H](C)[C@]3(CC[C@@]4(C)C5=CC[C@H]6C(C)(C)C(=O)CC[C@]6(C)[C@H]5CC[C@@]43C)O2)OC1=O. The standard InChI is InChI=1S/C30H44O4/c1-18-16-29(33-24(18)32)17-19(2)30(34-29)15-14-27(6)21-8-9-22-25(3,4)23(31)11-12-26(22,5)20(21)10-13-28(27,30)7/h8,18-20,22H,9-17H2,1-7H3/t18?,19-,20+,22+,26-,27+,28+,29?,30+/m1/s1. The molecule has 188 valence electrons. The molecular weight excluding hydrogens is 424 g/mol. The van der Waals surface area contributed by atoms with Gasteiger partial charge in [0.15, 0.2) is 0 Å². The van der Waals surface area contributed by atoms with Crippen molar-refractivity contribution >= 4 is 11.8 Å². The van der Waals surface area contributed by atoms with Crippen molar-refractivity contribution in [2.24, 2.45) is 45.3 Å². The summed E-state index contributed by atoms with van der Waals surface area (Å²) in [5.74, 6) is 0.929. The lowest BCUT2D eigenvalue weighted by Gasteiger charge is -2.64. The molecule has 9 atom stereocenters. The molecule has 6 rings (SSSR count). The number of hydrogen-bond donors (Lipinski definition) is 0. The van der Waals surface area contributed by atoms with E-state index in [-0.39, 0.29) is 39.1 Å². The second-order valence-electron chi connectivity index (χ2n) is 14.4. The predicted octanol–water partition coefficient (Wildman–Crippen LogP) is 6.62. The van der Waals surface area contributed by atoms with Crippen molar-refractivity contribution in [1.82, 2.24) is 0 Å². The van der Waals surface area contributed by atoms with E-state index in [2.05, 4.69) is 47.6 Å². The van der Waals surface area contributed by atoms with Gasteiger partial charge in [-0.25, -0.2) is 0 Å². The van der Waals surface area contributed by atoms with Gasteiger partial charge in [0.05, 0.1) is 11.5 Å². The third kappa shape index (κ3) is 2.45. The van der Waals surface area contributed by atoms with Crippen molar-refractivity contribution < 1.29 is 19.1 Å². The molecule has 0 bridgehead atoms. The van der Waals surface area contributed by atoms with Gasteiger partial charge in [-0.2, -0.15) is 0 Å². The summed E-state index contributed by atoms with van der Waals surface area (Å²) in [6, 6.07) is 0. The van der Waals surface area contributed by atoms with E-state index in [1.54, 1.807) is 5.57 Å². The lowest BCUT2D eigenvalue weighted by molar-refractivity contribution is -0.257. The van der Waals surface area contributed by atoms with Gasteiger partial charge in [0.25, 0.3) is 0 Å². The van der Waals surface area contributed by atoms with E-state index in [0.717, 1.165) is 44.9 Å². The first-order valence-corrected chi connectivity index (χ1v) is 13.9. The van der Waals surface area contributed by atoms with Crippen molar-refractivity contribution in [3.63, 3.8) is 0 Å². The summed E-state index contributed by atoms with van der Waals surface area (Å²) in [5.41, 5.74) is 1.50. The molecule has 0 amide bonds. The van der Waals surface area contributed by atoms with Crippen LogP contribution in [0.5, 0.6) is 0 Å². The van der Waals surface area contributed by atoms with Gasteiger partial charge in [0.2, 0.25) is 5.79 Å². The summed E-state index contributed by atoms with van der Waals surface area (Å²) >= 11 is 0. The van der Waals surface area contributed by atoms with Crippen LogP contribution in [-0.4, -0.2) is 23.1 Å². The Kier molecular flexibility index (Phi) is 4.50. The highest BCUT2D eigenvalue weighted by Gasteiger charge is 2.75. The van der Waals surface area contributed by atoms with Gasteiger partial charge in [-0.05, 0) is 67.1 Å². The Morgan fingerprint density at radius 2 is 1.68 bits per heavy atom. The average molecular weight is 469 g/mol. The number of fused-ring (bicyclic) bond motifs is 6. The van der Waals surface area contributed by atoms with E-state index < -0.39 is 5.79 Å². The fraction of sp³-hybridized carbons (Fsp3) is 0.867. The van der Waals surface area contributed by atoms with Gasteiger partial charge in [0, 0.05) is 30.1 Å². The number of esters is 1. The predicted molar refractivity (Wildman–Crippen MR) is 131 cm³/mol. The molecular formula is C30H44O4. The van der Waals surface area contributed by atoms with Gasteiger partial charge < -0.3 is 9.47 Å². The maximum Gasteiger partial charge on any atom is 0.311 e. The first-order chi connectivity index (χ1) is 15.7. The lowest BCUT2D eigenvalue weighted by Crippen LogP contribution is -2.60. The van der Waals surface area contributed by atoms with Crippen molar-refractivity contribution in [1.29, 1.82) is 0 Å². The van der Waals surface area contributed by atoms with Gasteiger partial charge in [0.1, 0.15) is 5.78 Å². The van der Waals surface area contributed by atoms with Crippen LogP contribution < -0.4 is 0 Å². The molecule has 5 fully saturated rings. The van der Waals surface area contributed by atoms with Gasteiger partial charge in [-0.3, -0.25) is 9.59 Å². The third-order valence-corrected chi connectivity index (χ3v) is 12.8. The Bertz CT molecular complexity index is 996. The summed E-state index contributed by atoms with van der Waals surface area (Å²) < 4.78 is 13.0. The maximum atomic E-state index is 12.9. The van der Waals surface area contributed by atoms with Crippen molar-refractivity contribution in [3.8, 4) is 0 Å². The molecule has 0 aromatic rings. The van der Waals surface area contributed by atoms with Crippen molar-refractivity contribution in [2.75, 3.05) is 0 Å². The molecule has 2 unspecified atom stereocenters. The smallest absolute Gasteiger partial charge is 0.311 e. The fourth-order valence-corrected chi connectivity index (χ4v) is 10.7. The van der Waals surface area contributed by atoms with Crippen LogP contribution in [0.4, 0.5) is 0 Å². The zero-order valence-electron chi connectivity index (χ0n) is 22.4. The van der Waals surface area contributed by atoms with E-state index in [4.69, 9.17) is 9.47 Å². The maximum absolute atomic E-state index is 12.9. The van der Waals surface area contributed by atoms with Crippen LogP contribution in [0, 0.1) is 45.3 Å². The van der Waals surface area contributed by atoms with Crippen LogP contribution in [-0.2, 0) is 19.1 Å². The summed E-state index contributed by atoms with van der Waals surface area (Å²) in [6.07, 6.45) is 11.4. The zero-order chi connectivity index (χ0) is 24.5. The quantitative estimate of drug-likeness (QED) is 0.296. The number of rotatable bonds is 0. The molecule has 0 radical (unpaired) electrons. The van der Waals surface area contributed by atoms with Crippen LogP contribution in [0.2, 0.25) is 0 Å². The first-order valence-electron chi connectivity index (χ1n) is 13.9. The van der Waals surface area contributed by atoms with Crippen LogP contribution in [0.25, 0.3) is 0 Å². The molecule has 4 aliphatic carbocycles. The van der Waals surface area contributed by atoms with Gasteiger partial charge in [-0.15, -0.1) is 0 Å². The minimum absolute atomic E-state index is 0.0205. The van der Waals surface area contributed by atoms with Gasteiger partial charge in [-0.1, -0.05) is 60.1 Å². The number of carbonyl (C=O) groups excluding carboxylic acids is 2. The molecule has 4 nitrogen and oxygen atoms in total.